The molecule has 0 radical (unpaired) electrons. The number of fused-ring (bicyclic) bond motifs is 1. The van der Waals surface area contributed by atoms with E-state index >= 15 is 0 Å². The molecular weight excluding hydrogens is 466 g/mol. The van der Waals surface area contributed by atoms with Gasteiger partial charge in [0.25, 0.3) is 0 Å². The molecular formula is C25H28ClN7O2. The van der Waals surface area contributed by atoms with E-state index in [1.54, 1.807) is 0 Å². The summed E-state index contributed by atoms with van der Waals surface area (Å²) >= 11 is 6.69. The number of ether oxygens (including phenoxy) is 1. The monoisotopic (exact) mass is 493 g/mol. The van der Waals surface area contributed by atoms with Crippen LogP contribution in [0.15, 0.2) is 40.4 Å². The van der Waals surface area contributed by atoms with Crippen molar-refractivity contribution in [3.05, 3.63) is 51.6 Å². The van der Waals surface area contributed by atoms with Gasteiger partial charge in [-0.2, -0.15) is 9.97 Å². The number of amides is 1. The fourth-order valence-corrected chi connectivity index (χ4v) is 4.76. The van der Waals surface area contributed by atoms with Crippen molar-refractivity contribution >= 4 is 41.1 Å². The lowest BCUT2D eigenvalue weighted by Crippen LogP contribution is -2.49. The number of benzene rings is 1. The Kier molecular flexibility index (Phi) is 6.44. The van der Waals surface area contributed by atoms with Crippen molar-refractivity contribution < 1.29 is 9.53 Å². The lowest BCUT2D eigenvalue weighted by molar-refractivity contribution is -0.119. The number of piperazine rings is 1. The van der Waals surface area contributed by atoms with Crippen LogP contribution in [-0.4, -0.2) is 65.9 Å². The minimum atomic E-state index is -0.320. The average molecular weight is 494 g/mol. The van der Waals surface area contributed by atoms with Crippen LogP contribution in [0.2, 0.25) is 5.02 Å². The van der Waals surface area contributed by atoms with Gasteiger partial charge in [0.2, 0.25) is 5.91 Å². The number of aromatic nitrogens is 2. The zero-order chi connectivity index (χ0) is 24.5. The predicted molar refractivity (Wildman–Crippen MR) is 138 cm³/mol. The smallest absolute Gasteiger partial charge is 0.325 e. The second-order valence-corrected chi connectivity index (χ2v) is 9.54. The molecule has 3 aliphatic rings. The van der Waals surface area contributed by atoms with Gasteiger partial charge in [0.05, 0.1) is 18.1 Å². The van der Waals surface area contributed by atoms with E-state index < -0.39 is 0 Å². The largest absolute Gasteiger partial charge is 0.423 e. The van der Waals surface area contributed by atoms with Gasteiger partial charge in [-0.15, -0.1) is 0 Å². The molecule has 0 unspecified atom stereocenters. The fraction of sp³-hybridized carbons (Fsp3) is 0.360. The van der Waals surface area contributed by atoms with Crippen molar-refractivity contribution in [1.29, 1.82) is 0 Å². The summed E-state index contributed by atoms with van der Waals surface area (Å²) in [5.74, 6) is 2.26. The SMILES string of the molecule is CC1=CC(Nc2cc(N3CCN(CC(N)=O)CC3)nc(Oc3ccc4c(c3Cl)C=C(C)C4)n2)=NC1. The quantitative estimate of drug-likeness (QED) is 0.635. The molecule has 2 aromatic rings. The van der Waals surface area contributed by atoms with Gasteiger partial charge in [-0.25, -0.2) is 0 Å². The third-order valence-corrected chi connectivity index (χ3v) is 6.59. The van der Waals surface area contributed by atoms with Gasteiger partial charge >= 0.3 is 6.01 Å². The van der Waals surface area contributed by atoms with Crippen LogP contribution in [0, 0.1) is 0 Å². The molecule has 2 aliphatic heterocycles. The van der Waals surface area contributed by atoms with Crippen LogP contribution in [0.5, 0.6) is 11.8 Å². The molecule has 5 rings (SSSR count). The Morgan fingerprint density at radius 1 is 1.14 bits per heavy atom. The maximum absolute atomic E-state index is 11.3. The molecule has 1 amide bonds. The normalized spacial score (nSPS) is 17.6. The zero-order valence-electron chi connectivity index (χ0n) is 19.8. The van der Waals surface area contributed by atoms with Crippen LogP contribution >= 0.6 is 11.6 Å². The molecule has 0 bridgehead atoms. The summed E-state index contributed by atoms with van der Waals surface area (Å²) in [5.41, 5.74) is 9.97. The van der Waals surface area contributed by atoms with Gasteiger partial charge in [0.1, 0.15) is 23.2 Å². The van der Waals surface area contributed by atoms with Gasteiger partial charge in [-0.1, -0.05) is 29.3 Å². The van der Waals surface area contributed by atoms with E-state index in [0.29, 0.717) is 49.3 Å². The first-order valence-electron chi connectivity index (χ1n) is 11.6. The number of anilines is 2. The molecule has 0 spiro atoms. The summed E-state index contributed by atoms with van der Waals surface area (Å²) in [6.07, 6.45) is 4.98. The molecule has 0 saturated carbocycles. The van der Waals surface area contributed by atoms with Crippen molar-refractivity contribution in [2.45, 2.75) is 20.3 Å². The molecule has 1 fully saturated rings. The van der Waals surface area contributed by atoms with Crippen molar-refractivity contribution in [2.75, 3.05) is 49.5 Å². The second kappa shape index (κ2) is 9.67. The van der Waals surface area contributed by atoms with Crippen molar-refractivity contribution in [3.63, 3.8) is 0 Å². The Hall–Kier alpha value is -3.43. The van der Waals surface area contributed by atoms with Crippen LogP contribution < -0.4 is 20.7 Å². The number of rotatable bonds is 6. The molecule has 9 nitrogen and oxygen atoms in total. The van der Waals surface area contributed by atoms with E-state index in [4.69, 9.17) is 27.1 Å². The summed E-state index contributed by atoms with van der Waals surface area (Å²) in [6.45, 7) is 7.88. The number of nitrogens with two attached hydrogens (primary N) is 1. The molecule has 3 N–H and O–H groups in total. The van der Waals surface area contributed by atoms with Gasteiger partial charge < -0.3 is 20.7 Å². The number of nitrogens with one attached hydrogen (secondary N) is 1. The molecule has 1 aliphatic carbocycles. The minimum Gasteiger partial charge on any atom is -0.423 e. The molecule has 1 aromatic carbocycles. The topological polar surface area (TPSA) is 109 Å². The molecule has 0 atom stereocenters. The standard InChI is InChI=1S/C25H28ClN7O2/c1-15-9-17-3-4-19(24(26)18(17)10-15)35-25-30-22(29-21-11-16(2)13-28-21)12-23(31-25)33-7-5-32(6-8-33)14-20(27)34/h3-4,10-12H,5-9,13-14H2,1-2H3,(H2,27,34)(H,28,29,30,31). The number of hydrogen-bond donors (Lipinski definition) is 2. The Balaban J connectivity index is 1.42. The first-order chi connectivity index (χ1) is 16.8. The van der Waals surface area contributed by atoms with Crippen molar-refractivity contribution in [2.24, 2.45) is 10.7 Å². The summed E-state index contributed by atoms with van der Waals surface area (Å²) < 4.78 is 6.12. The molecule has 182 valence electrons. The number of halogens is 1. The van der Waals surface area contributed by atoms with E-state index in [9.17, 15) is 4.79 Å². The molecule has 1 aromatic heterocycles. The van der Waals surface area contributed by atoms with E-state index in [0.717, 1.165) is 23.6 Å². The maximum Gasteiger partial charge on any atom is 0.325 e. The van der Waals surface area contributed by atoms with Crippen LogP contribution in [0.25, 0.3) is 6.08 Å². The van der Waals surface area contributed by atoms with Crippen molar-refractivity contribution in [1.82, 2.24) is 14.9 Å². The highest BCUT2D eigenvalue weighted by molar-refractivity contribution is 6.33. The molecule has 10 heteroatoms. The van der Waals surface area contributed by atoms with E-state index in [1.165, 1.54) is 16.7 Å². The fourth-order valence-electron chi connectivity index (χ4n) is 4.48. The Labute approximate surface area is 209 Å². The van der Waals surface area contributed by atoms with Crippen LogP contribution in [0.1, 0.15) is 25.0 Å². The molecule has 3 heterocycles. The van der Waals surface area contributed by atoms with Gasteiger partial charge in [0.15, 0.2) is 0 Å². The maximum atomic E-state index is 11.3. The Morgan fingerprint density at radius 2 is 1.94 bits per heavy atom. The number of allylic oxidation sites excluding steroid dienone is 1. The first-order valence-corrected chi connectivity index (χ1v) is 12.0. The molecule has 35 heavy (non-hydrogen) atoms. The average Bonchev–Trinajstić information content (AvgIpc) is 3.40. The highest BCUT2D eigenvalue weighted by atomic mass is 35.5. The third-order valence-electron chi connectivity index (χ3n) is 6.20. The van der Waals surface area contributed by atoms with E-state index in [1.807, 2.05) is 36.1 Å². The van der Waals surface area contributed by atoms with E-state index in [2.05, 4.69) is 33.2 Å². The lowest BCUT2D eigenvalue weighted by Gasteiger charge is -2.34. The Bertz CT molecular complexity index is 1260. The number of carbonyl (C=O) groups excluding carboxylic acids is 1. The first kappa shape index (κ1) is 23.3. The number of nitrogens with zero attached hydrogens (tertiary/aromatic N) is 5. The number of carbonyl (C=O) groups is 1. The predicted octanol–water partition coefficient (Wildman–Crippen LogP) is 3.26. The Morgan fingerprint density at radius 3 is 2.66 bits per heavy atom. The summed E-state index contributed by atoms with van der Waals surface area (Å²) in [4.78, 5) is 29.2. The van der Waals surface area contributed by atoms with Crippen LogP contribution in [0.4, 0.5) is 11.6 Å². The highest BCUT2D eigenvalue weighted by Crippen LogP contribution is 2.38. The summed E-state index contributed by atoms with van der Waals surface area (Å²) in [6, 6.07) is 5.99. The second-order valence-electron chi connectivity index (χ2n) is 9.16. The van der Waals surface area contributed by atoms with Gasteiger partial charge in [-0.05, 0) is 43.5 Å². The highest BCUT2D eigenvalue weighted by Gasteiger charge is 2.22. The molecule has 1 saturated heterocycles. The van der Waals surface area contributed by atoms with Crippen molar-refractivity contribution in [3.8, 4) is 11.8 Å². The van der Waals surface area contributed by atoms with E-state index in [-0.39, 0.29) is 18.5 Å². The van der Waals surface area contributed by atoms with Crippen LogP contribution in [0.3, 0.4) is 0 Å². The summed E-state index contributed by atoms with van der Waals surface area (Å²) in [7, 11) is 0. The zero-order valence-corrected chi connectivity index (χ0v) is 20.6. The van der Waals surface area contributed by atoms with Crippen LogP contribution in [-0.2, 0) is 11.2 Å². The summed E-state index contributed by atoms with van der Waals surface area (Å²) in [5, 5.41) is 3.83. The van der Waals surface area contributed by atoms with Gasteiger partial charge in [-0.3, -0.25) is 14.7 Å². The number of amidine groups is 1. The number of primary amides is 1. The minimum absolute atomic E-state index is 0.199. The number of aliphatic imine (C=N–C) groups is 1. The van der Waals surface area contributed by atoms with Gasteiger partial charge in [0, 0.05) is 37.8 Å². The number of hydrogen-bond acceptors (Lipinski definition) is 8. The lowest BCUT2D eigenvalue weighted by atomic mass is 10.1. The third kappa shape index (κ3) is 5.31.